The van der Waals surface area contributed by atoms with Crippen LogP contribution in [-0.4, -0.2) is 30.5 Å². The molecule has 1 N–H and O–H groups in total. The third-order valence-corrected chi connectivity index (χ3v) is 4.47. The average molecular weight is 358 g/mol. The Labute approximate surface area is 152 Å². The molecule has 0 heterocycles. The molecule has 0 saturated heterocycles. The number of ether oxygens (including phenoxy) is 2. The molecule has 0 spiro atoms. The second-order valence-corrected chi connectivity index (χ2v) is 6.57. The molecule has 2 aromatic carbocycles. The fraction of sp³-hybridized carbons (Fsp3) is 0.250. The highest BCUT2D eigenvalue weighted by molar-refractivity contribution is 7.98. The van der Waals surface area contributed by atoms with Gasteiger partial charge in [-0.1, -0.05) is 35.9 Å². The molecule has 2 rings (SSSR count). The van der Waals surface area contributed by atoms with Gasteiger partial charge < -0.3 is 14.6 Å². The maximum absolute atomic E-state index is 10.6. The van der Waals surface area contributed by atoms with E-state index in [1.54, 1.807) is 25.3 Å². The molecule has 5 heteroatoms. The van der Waals surface area contributed by atoms with Crippen LogP contribution < -0.4 is 9.47 Å². The molecule has 0 aliphatic rings. The van der Waals surface area contributed by atoms with Gasteiger partial charge in [0.05, 0.1) is 13.7 Å². The monoisotopic (exact) mass is 358 g/mol. The van der Waals surface area contributed by atoms with Crippen molar-refractivity contribution in [2.75, 3.05) is 19.5 Å². The van der Waals surface area contributed by atoms with Crippen molar-refractivity contribution < 1.29 is 19.4 Å². The van der Waals surface area contributed by atoms with Crippen molar-refractivity contribution in [1.29, 1.82) is 0 Å². The maximum Gasteiger partial charge on any atom is 0.328 e. The van der Waals surface area contributed by atoms with Gasteiger partial charge in [0.15, 0.2) is 11.5 Å². The van der Waals surface area contributed by atoms with E-state index in [1.165, 1.54) is 17.2 Å². The van der Waals surface area contributed by atoms with Crippen LogP contribution in [0, 0.1) is 6.92 Å². The van der Waals surface area contributed by atoms with Gasteiger partial charge in [0.25, 0.3) is 0 Å². The Morgan fingerprint density at radius 2 is 1.92 bits per heavy atom. The lowest BCUT2D eigenvalue weighted by atomic mass is 10.2. The molecule has 0 bridgehead atoms. The summed E-state index contributed by atoms with van der Waals surface area (Å²) in [7, 11) is 1.57. The molecule has 0 aliphatic carbocycles. The fourth-order valence-corrected chi connectivity index (χ4v) is 2.93. The van der Waals surface area contributed by atoms with Crippen molar-refractivity contribution in [2.45, 2.75) is 12.7 Å². The topological polar surface area (TPSA) is 55.8 Å². The molecule has 0 unspecified atom stereocenters. The molecular formula is C20H22O4S. The number of benzene rings is 2. The van der Waals surface area contributed by atoms with Crippen molar-refractivity contribution in [3.63, 3.8) is 0 Å². The van der Waals surface area contributed by atoms with Crippen LogP contribution in [0.25, 0.3) is 6.08 Å². The van der Waals surface area contributed by atoms with E-state index in [1.807, 2.05) is 11.8 Å². The van der Waals surface area contributed by atoms with Gasteiger partial charge in [-0.3, -0.25) is 0 Å². The number of hydrogen-bond donors (Lipinski definition) is 1. The summed E-state index contributed by atoms with van der Waals surface area (Å²) in [5.41, 5.74) is 3.33. The van der Waals surface area contributed by atoms with E-state index in [-0.39, 0.29) is 0 Å². The third kappa shape index (κ3) is 6.55. The van der Waals surface area contributed by atoms with E-state index < -0.39 is 5.97 Å². The standard InChI is InChI=1S/C20H22O4S/c1-15-3-5-17(6-4-15)14-25-12-11-24-18-9-7-16(8-10-20(21)22)13-19(18)23-2/h3-10,13H,11-12,14H2,1-2H3,(H,21,22)/b10-8+. The molecule has 0 amide bonds. The van der Waals surface area contributed by atoms with E-state index in [4.69, 9.17) is 14.6 Å². The lowest BCUT2D eigenvalue weighted by Gasteiger charge is -2.11. The van der Waals surface area contributed by atoms with Crippen molar-refractivity contribution in [3.8, 4) is 11.5 Å². The number of carbonyl (C=O) groups is 1. The number of aliphatic carboxylic acids is 1. The van der Waals surface area contributed by atoms with Gasteiger partial charge in [0.2, 0.25) is 0 Å². The number of methoxy groups -OCH3 is 1. The molecular weight excluding hydrogens is 336 g/mol. The zero-order chi connectivity index (χ0) is 18.1. The zero-order valence-electron chi connectivity index (χ0n) is 14.4. The van der Waals surface area contributed by atoms with Crippen LogP contribution in [0.4, 0.5) is 0 Å². The second-order valence-electron chi connectivity index (χ2n) is 5.47. The van der Waals surface area contributed by atoms with E-state index >= 15 is 0 Å². The minimum atomic E-state index is -0.982. The SMILES string of the molecule is COc1cc(/C=C/C(=O)O)ccc1OCCSCc1ccc(C)cc1. The van der Waals surface area contributed by atoms with Gasteiger partial charge in [0, 0.05) is 17.6 Å². The van der Waals surface area contributed by atoms with Gasteiger partial charge in [-0.25, -0.2) is 4.79 Å². The first kappa shape index (κ1) is 18.9. The summed E-state index contributed by atoms with van der Waals surface area (Å²) >= 11 is 1.82. The molecule has 0 radical (unpaired) electrons. The van der Waals surface area contributed by atoms with Gasteiger partial charge in [-0.2, -0.15) is 11.8 Å². The van der Waals surface area contributed by atoms with Crippen LogP contribution in [0.5, 0.6) is 11.5 Å². The Hall–Kier alpha value is -2.40. The predicted octanol–water partition coefficient (Wildman–Crippen LogP) is 4.41. The normalized spacial score (nSPS) is 10.8. The Morgan fingerprint density at radius 1 is 1.16 bits per heavy atom. The molecule has 0 aliphatic heterocycles. The van der Waals surface area contributed by atoms with E-state index in [0.717, 1.165) is 23.1 Å². The van der Waals surface area contributed by atoms with Crippen LogP contribution in [0.2, 0.25) is 0 Å². The number of rotatable bonds is 9. The van der Waals surface area contributed by atoms with Gasteiger partial charge in [-0.15, -0.1) is 0 Å². The zero-order valence-corrected chi connectivity index (χ0v) is 15.2. The van der Waals surface area contributed by atoms with Crippen LogP contribution >= 0.6 is 11.8 Å². The minimum absolute atomic E-state index is 0.581. The van der Waals surface area contributed by atoms with E-state index in [9.17, 15) is 4.79 Å². The van der Waals surface area contributed by atoms with Crippen molar-refractivity contribution in [3.05, 3.63) is 65.2 Å². The van der Waals surface area contributed by atoms with E-state index in [0.29, 0.717) is 18.1 Å². The van der Waals surface area contributed by atoms with Crippen molar-refractivity contribution in [2.24, 2.45) is 0 Å². The van der Waals surface area contributed by atoms with Crippen LogP contribution in [0.1, 0.15) is 16.7 Å². The first-order valence-corrected chi connectivity index (χ1v) is 9.09. The molecule has 0 fully saturated rings. The lowest BCUT2D eigenvalue weighted by Crippen LogP contribution is -2.02. The van der Waals surface area contributed by atoms with Gasteiger partial charge >= 0.3 is 5.97 Å². The number of aryl methyl sites for hydroxylation is 1. The highest BCUT2D eigenvalue weighted by Gasteiger charge is 2.05. The molecule has 0 saturated carbocycles. The molecule has 0 aromatic heterocycles. The highest BCUT2D eigenvalue weighted by atomic mass is 32.2. The summed E-state index contributed by atoms with van der Waals surface area (Å²) in [6.07, 6.45) is 2.61. The Balaban J connectivity index is 1.81. The van der Waals surface area contributed by atoms with Crippen LogP contribution in [0.3, 0.4) is 0 Å². The predicted molar refractivity (Wildman–Crippen MR) is 102 cm³/mol. The Morgan fingerprint density at radius 3 is 2.60 bits per heavy atom. The lowest BCUT2D eigenvalue weighted by molar-refractivity contribution is -0.131. The first-order chi connectivity index (χ1) is 12.1. The van der Waals surface area contributed by atoms with Crippen molar-refractivity contribution in [1.82, 2.24) is 0 Å². The molecule has 0 atom stereocenters. The number of carboxylic acids is 1. The van der Waals surface area contributed by atoms with Crippen molar-refractivity contribution >= 4 is 23.8 Å². The second kappa shape index (κ2) is 9.79. The fourth-order valence-electron chi connectivity index (χ4n) is 2.16. The van der Waals surface area contributed by atoms with Gasteiger partial charge in [-0.05, 0) is 36.3 Å². The summed E-state index contributed by atoms with van der Waals surface area (Å²) in [6, 6.07) is 13.9. The number of hydrogen-bond acceptors (Lipinski definition) is 4. The summed E-state index contributed by atoms with van der Waals surface area (Å²) in [4.78, 5) is 10.6. The maximum atomic E-state index is 10.6. The minimum Gasteiger partial charge on any atom is -0.493 e. The Bertz CT molecular complexity index is 723. The summed E-state index contributed by atoms with van der Waals surface area (Å²) in [5.74, 6) is 2.10. The smallest absolute Gasteiger partial charge is 0.328 e. The summed E-state index contributed by atoms with van der Waals surface area (Å²) in [5, 5.41) is 8.67. The first-order valence-electron chi connectivity index (χ1n) is 7.93. The highest BCUT2D eigenvalue weighted by Crippen LogP contribution is 2.28. The Kier molecular flexibility index (Phi) is 7.41. The molecule has 25 heavy (non-hydrogen) atoms. The summed E-state index contributed by atoms with van der Waals surface area (Å²) in [6.45, 7) is 2.66. The largest absolute Gasteiger partial charge is 0.493 e. The molecule has 4 nitrogen and oxygen atoms in total. The average Bonchev–Trinajstić information content (AvgIpc) is 2.61. The quantitative estimate of drug-likeness (QED) is 0.531. The van der Waals surface area contributed by atoms with Gasteiger partial charge in [0.1, 0.15) is 0 Å². The molecule has 132 valence electrons. The summed E-state index contributed by atoms with van der Waals surface area (Å²) < 4.78 is 11.1. The van der Waals surface area contributed by atoms with Crippen LogP contribution in [-0.2, 0) is 10.5 Å². The third-order valence-electron chi connectivity index (χ3n) is 3.48. The number of carboxylic acid groups (broad SMARTS) is 1. The molecule has 2 aromatic rings. The van der Waals surface area contributed by atoms with Crippen LogP contribution in [0.15, 0.2) is 48.5 Å². The number of thioether (sulfide) groups is 1. The van der Waals surface area contributed by atoms with E-state index in [2.05, 4.69) is 31.2 Å².